The van der Waals surface area contributed by atoms with Crippen LogP contribution < -0.4 is 0 Å². The Hall–Kier alpha value is -0.0800. The molecule has 30 heavy (non-hydrogen) atoms. The standard InChI is InChI=1S/C28H50S2/c1-6-8-10-12-14-16-18-29-23-25-20-26(22-27(21-25)28(3,4)5)24-30-19-17-15-13-11-9-7-2/h20-22H,6-19,23-24H2,1-5H3. The number of hydrogen-bond acceptors (Lipinski definition) is 2. The zero-order valence-electron chi connectivity index (χ0n) is 20.9. The van der Waals surface area contributed by atoms with E-state index in [1.54, 1.807) is 0 Å². The molecule has 0 spiro atoms. The molecular weight excluding hydrogens is 400 g/mol. The molecule has 1 aromatic rings. The lowest BCUT2D eigenvalue weighted by Crippen LogP contribution is -2.12. The van der Waals surface area contributed by atoms with E-state index in [1.165, 1.54) is 117 Å². The molecule has 1 aromatic carbocycles. The molecule has 0 aliphatic heterocycles. The molecule has 0 heterocycles. The summed E-state index contributed by atoms with van der Waals surface area (Å²) in [5.74, 6) is 4.98. The maximum atomic E-state index is 2.48. The van der Waals surface area contributed by atoms with E-state index < -0.39 is 0 Å². The highest BCUT2D eigenvalue weighted by molar-refractivity contribution is 7.98. The Bertz CT molecular complexity index is 492. The lowest BCUT2D eigenvalue weighted by atomic mass is 9.85. The van der Waals surface area contributed by atoms with E-state index >= 15 is 0 Å². The van der Waals surface area contributed by atoms with Gasteiger partial charge in [0.05, 0.1) is 0 Å². The summed E-state index contributed by atoms with van der Waals surface area (Å²) in [6, 6.07) is 7.42. The predicted octanol–water partition coefficient (Wildman–Crippen LogP) is 10.2. The van der Waals surface area contributed by atoms with Gasteiger partial charge < -0.3 is 0 Å². The normalized spacial score (nSPS) is 11.9. The Labute approximate surface area is 198 Å². The molecular formula is C28H50S2. The van der Waals surface area contributed by atoms with E-state index in [0.717, 1.165) is 0 Å². The molecule has 1 rings (SSSR count). The van der Waals surface area contributed by atoms with Gasteiger partial charge in [0.25, 0.3) is 0 Å². The summed E-state index contributed by atoms with van der Waals surface area (Å²) < 4.78 is 0. The Morgan fingerprint density at radius 1 is 0.567 bits per heavy atom. The van der Waals surface area contributed by atoms with Gasteiger partial charge in [-0.15, -0.1) is 0 Å². The number of thioether (sulfide) groups is 2. The van der Waals surface area contributed by atoms with E-state index in [2.05, 4.69) is 76.3 Å². The lowest BCUT2D eigenvalue weighted by molar-refractivity contribution is 0.589. The molecule has 0 aliphatic carbocycles. The van der Waals surface area contributed by atoms with Crippen molar-refractivity contribution in [1.82, 2.24) is 0 Å². The fraction of sp³-hybridized carbons (Fsp3) is 0.786. The minimum Gasteiger partial charge on any atom is -0.157 e. The van der Waals surface area contributed by atoms with Crippen molar-refractivity contribution in [3.8, 4) is 0 Å². The van der Waals surface area contributed by atoms with Crippen LogP contribution in [0.25, 0.3) is 0 Å². The third-order valence-electron chi connectivity index (χ3n) is 5.74. The van der Waals surface area contributed by atoms with Gasteiger partial charge in [0.2, 0.25) is 0 Å². The van der Waals surface area contributed by atoms with E-state index in [1.807, 2.05) is 0 Å². The van der Waals surface area contributed by atoms with Gasteiger partial charge in [0.1, 0.15) is 0 Å². The first-order valence-electron chi connectivity index (χ1n) is 12.8. The first-order valence-corrected chi connectivity index (χ1v) is 15.1. The fourth-order valence-electron chi connectivity index (χ4n) is 3.71. The first kappa shape index (κ1) is 28.0. The highest BCUT2D eigenvalue weighted by atomic mass is 32.2. The predicted molar refractivity (Wildman–Crippen MR) is 144 cm³/mol. The zero-order valence-corrected chi connectivity index (χ0v) is 22.5. The van der Waals surface area contributed by atoms with Crippen molar-refractivity contribution >= 4 is 23.5 Å². The molecule has 0 aromatic heterocycles. The highest BCUT2D eigenvalue weighted by Gasteiger charge is 2.15. The van der Waals surface area contributed by atoms with Crippen molar-refractivity contribution in [2.75, 3.05) is 11.5 Å². The van der Waals surface area contributed by atoms with Crippen LogP contribution >= 0.6 is 23.5 Å². The molecule has 0 bridgehead atoms. The van der Waals surface area contributed by atoms with Gasteiger partial charge in [0.15, 0.2) is 0 Å². The second kappa shape index (κ2) is 17.5. The van der Waals surface area contributed by atoms with Crippen LogP contribution in [0.4, 0.5) is 0 Å². The Morgan fingerprint density at radius 2 is 0.967 bits per heavy atom. The third kappa shape index (κ3) is 14.1. The molecule has 2 heteroatoms. The maximum absolute atomic E-state index is 2.48. The van der Waals surface area contributed by atoms with Gasteiger partial charge in [-0.1, -0.05) is 117 Å². The molecule has 0 nitrogen and oxygen atoms in total. The largest absolute Gasteiger partial charge is 0.157 e. The Kier molecular flexibility index (Phi) is 16.3. The summed E-state index contributed by atoms with van der Waals surface area (Å²) in [7, 11) is 0. The van der Waals surface area contributed by atoms with Crippen LogP contribution in [-0.2, 0) is 16.9 Å². The van der Waals surface area contributed by atoms with Gasteiger partial charge in [-0.25, -0.2) is 0 Å². The average Bonchev–Trinajstić information content (AvgIpc) is 2.71. The van der Waals surface area contributed by atoms with E-state index in [0.29, 0.717) is 0 Å². The quantitative estimate of drug-likeness (QED) is 0.204. The fourth-order valence-corrected chi connectivity index (χ4v) is 5.62. The van der Waals surface area contributed by atoms with E-state index in [-0.39, 0.29) is 5.41 Å². The van der Waals surface area contributed by atoms with Crippen LogP contribution in [-0.4, -0.2) is 11.5 Å². The van der Waals surface area contributed by atoms with Crippen LogP contribution in [0.15, 0.2) is 18.2 Å². The van der Waals surface area contributed by atoms with Crippen LogP contribution in [0.3, 0.4) is 0 Å². The first-order chi connectivity index (χ1) is 14.5. The van der Waals surface area contributed by atoms with Crippen molar-refractivity contribution in [3.05, 3.63) is 34.9 Å². The number of rotatable bonds is 18. The summed E-state index contributed by atoms with van der Waals surface area (Å²) in [5, 5.41) is 0. The Morgan fingerprint density at radius 3 is 1.37 bits per heavy atom. The minimum absolute atomic E-state index is 0.235. The minimum atomic E-state index is 0.235. The van der Waals surface area contributed by atoms with Crippen LogP contribution in [0, 0.1) is 0 Å². The van der Waals surface area contributed by atoms with Gasteiger partial charge in [-0.3, -0.25) is 0 Å². The molecule has 174 valence electrons. The summed E-state index contributed by atoms with van der Waals surface area (Å²) in [6.07, 6.45) is 16.8. The second-order valence-corrected chi connectivity index (χ2v) is 12.1. The van der Waals surface area contributed by atoms with E-state index in [9.17, 15) is 0 Å². The number of hydrogen-bond donors (Lipinski definition) is 0. The monoisotopic (exact) mass is 450 g/mol. The van der Waals surface area contributed by atoms with E-state index in [4.69, 9.17) is 0 Å². The van der Waals surface area contributed by atoms with Crippen molar-refractivity contribution in [3.63, 3.8) is 0 Å². The molecule has 0 unspecified atom stereocenters. The molecule has 0 fully saturated rings. The molecule has 0 aliphatic rings. The zero-order chi connectivity index (χ0) is 22.1. The third-order valence-corrected chi connectivity index (χ3v) is 7.97. The summed E-state index contributed by atoms with van der Waals surface area (Å²) in [5.41, 5.74) is 4.82. The lowest BCUT2D eigenvalue weighted by Gasteiger charge is -2.21. The summed E-state index contributed by atoms with van der Waals surface area (Å²) in [6.45, 7) is 11.6. The highest BCUT2D eigenvalue weighted by Crippen LogP contribution is 2.28. The van der Waals surface area contributed by atoms with Crippen molar-refractivity contribution in [1.29, 1.82) is 0 Å². The molecule has 0 amide bonds. The van der Waals surface area contributed by atoms with Gasteiger partial charge in [-0.2, -0.15) is 23.5 Å². The van der Waals surface area contributed by atoms with Crippen LogP contribution in [0.1, 0.15) is 128 Å². The molecule has 0 N–H and O–H groups in total. The van der Waals surface area contributed by atoms with Crippen molar-refractivity contribution in [2.24, 2.45) is 0 Å². The number of unbranched alkanes of at least 4 members (excludes halogenated alkanes) is 10. The Balaban J connectivity index is 2.40. The SMILES string of the molecule is CCCCCCCCSCc1cc(CSCCCCCCCC)cc(C(C)(C)C)c1. The summed E-state index contributed by atoms with van der Waals surface area (Å²) >= 11 is 4.27. The number of benzene rings is 1. The van der Waals surface area contributed by atoms with Gasteiger partial charge in [0, 0.05) is 11.5 Å². The maximum Gasteiger partial charge on any atom is 0.0184 e. The van der Waals surface area contributed by atoms with Crippen LogP contribution in [0.5, 0.6) is 0 Å². The smallest absolute Gasteiger partial charge is 0.0184 e. The van der Waals surface area contributed by atoms with Crippen molar-refractivity contribution < 1.29 is 0 Å². The molecule has 0 radical (unpaired) electrons. The molecule has 0 atom stereocenters. The van der Waals surface area contributed by atoms with Crippen molar-refractivity contribution in [2.45, 2.75) is 129 Å². The molecule has 0 saturated heterocycles. The molecule has 0 saturated carbocycles. The summed E-state index contributed by atoms with van der Waals surface area (Å²) in [4.78, 5) is 0. The topological polar surface area (TPSA) is 0 Å². The second-order valence-electron chi connectivity index (χ2n) is 9.93. The average molecular weight is 451 g/mol. The van der Waals surface area contributed by atoms with Gasteiger partial charge >= 0.3 is 0 Å². The van der Waals surface area contributed by atoms with Crippen LogP contribution in [0.2, 0.25) is 0 Å². The van der Waals surface area contributed by atoms with Gasteiger partial charge in [-0.05, 0) is 46.5 Å².